The van der Waals surface area contributed by atoms with E-state index in [9.17, 15) is 9.18 Å². The number of hydrogen-bond donors (Lipinski definition) is 2. The molecule has 0 spiro atoms. The van der Waals surface area contributed by atoms with Crippen LogP contribution < -0.4 is 11.1 Å². The van der Waals surface area contributed by atoms with Gasteiger partial charge in [0.15, 0.2) is 0 Å². The van der Waals surface area contributed by atoms with Crippen molar-refractivity contribution >= 4 is 5.91 Å². The average molecular weight is 274 g/mol. The maximum Gasteiger partial charge on any atom is 0.254 e. The molecule has 0 unspecified atom stereocenters. The fourth-order valence-corrected chi connectivity index (χ4v) is 2.28. The number of nitrogens with one attached hydrogen (secondary N) is 1. The Hall–Kier alpha value is -1.86. The van der Waals surface area contributed by atoms with Crippen LogP contribution >= 0.6 is 0 Å². The minimum absolute atomic E-state index is 0.0387. The van der Waals surface area contributed by atoms with Crippen molar-refractivity contribution in [3.8, 4) is 11.8 Å². The van der Waals surface area contributed by atoms with Crippen LogP contribution in [0.2, 0.25) is 0 Å². The lowest BCUT2D eigenvalue weighted by Gasteiger charge is -2.38. The predicted molar refractivity (Wildman–Crippen MR) is 76.6 cm³/mol. The fourth-order valence-electron chi connectivity index (χ4n) is 2.28. The lowest BCUT2D eigenvalue weighted by molar-refractivity contribution is 0.0887. The van der Waals surface area contributed by atoms with Gasteiger partial charge in [-0.05, 0) is 36.5 Å². The van der Waals surface area contributed by atoms with E-state index in [1.54, 1.807) is 6.07 Å². The number of rotatable bonds is 3. The summed E-state index contributed by atoms with van der Waals surface area (Å²) in [6, 6.07) is 4.28. The second kappa shape index (κ2) is 6.06. The fraction of sp³-hybridized carbons (Fsp3) is 0.438. The monoisotopic (exact) mass is 274 g/mol. The molecule has 1 aliphatic rings. The van der Waals surface area contributed by atoms with E-state index in [1.807, 2.05) is 0 Å². The normalized spacial score (nSPS) is 15.8. The SMILES string of the molecule is CC1(CNC(=O)c2cc(C#CCN)ccc2F)CCC1. The zero-order valence-electron chi connectivity index (χ0n) is 11.6. The number of hydrogen-bond acceptors (Lipinski definition) is 2. The number of amides is 1. The number of carbonyl (C=O) groups is 1. The van der Waals surface area contributed by atoms with E-state index in [2.05, 4.69) is 24.1 Å². The molecule has 0 aromatic heterocycles. The van der Waals surface area contributed by atoms with Gasteiger partial charge < -0.3 is 11.1 Å². The summed E-state index contributed by atoms with van der Waals surface area (Å²) in [4.78, 5) is 12.1. The highest BCUT2D eigenvalue weighted by molar-refractivity contribution is 5.94. The number of benzene rings is 1. The van der Waals surface area contributed by atoms with Crippen molar-refractivity contribution in [3.63, 3.8) is 0 Å². The van der Waals surface area contributed by atoms with Gasteiger partial charge in [-0.15, -0.1) is 0 Å². The van der Waals surface area contributed by atoms with E-state index < -0.39 is 5.82 Å². The van der Waals surface area contributed by atoms with Crippen LogP contribution in [0.25, 0.3) is 0 Å². The molecule has 1 amide bonds. The first-order valence-corrected chi connectivity index (χ1v) is 6.81. The Morgan fingerprint density at radius 2 is 2.25 bits per heavy atom. The van der Waals surface area contributed by atoms with Crippen molar-refractivity contribution in [1.29, 1.82) is 0 Å². The minimum Gasteiger partial charge on any atom is -0.351 e. The van der Waals surface area contributed by atoms with Gasteiger partial charge in [0.2, 0.25) is 0 Å². The van der Waals surface area contributed by atoms with E-state index in [4.69, 9.17) is 5.73 Å². The van der Waals surface area contributed by atoms with Gasteiger partial charge in [0.05, 0.1) is 12.1 Å². The smallest absolute Gasteiger partial charge is 0.254 e. The van der Waals surface area contributed by atoms with Gasteiger partial charge in [-0.3, -0.25) is 4.79 Å². The first-order valence-electron chi connectivity index (χ1n) is 6.81. The third-order valence-corrected chi connectivity index (χ3v) is 3.78. The van der Waals surface area contributed by atoms with Gasteiger partial charge >= 0.3 is 0 Å². The topological polar surface area (TPSA) is 55.1 Å². The molecule has 0 radical (unpaired) electrons. The van der Waals surface area contributed by atoms with Gasteiger partial charge in [0.25, 0.3) is 5.91 Å². The lowest BCUT2D eigenvalue weighted by Crippen LogP contribution is -2.40. The van der Waals surface area contributed by atoms with Crippen molar-refractivity contribution in [2.75, 3.05) is 13.1 Å². The summed E-state index contributed by atoms with van der Waals surface area (Å²) in [5.74, 6) is 4.58. The molecule has 2 rings (SSSR count). The molecule has 0 bridgehead atoms. The molecule has 0 aliphatic heterocycles. The highest BCUT2D eigenvalue weighted by Crippen LogP contribution is 2.39. The summed E-state index contributed by atoms with van der Waals surface area (Å²) in [6.45, 7) is 2.96. The van der Waals surface area contributed by atoms with Crippen LogP contribution in [0.5, 0.6) is 0 Å². The molecule has 0 heterocycles. The minimum atomic E-state index is -0.528. The van der Waals surface area contributed by atoms with Crippen molar-refractivity contribution in [1.82, 2.24) is 5.32 Å². The summed E-state index contributed by atoms with van der Waals surface area (Å²) in [7, 11) is 0. The van der Waals surface area contributed by atoms with E-state index in [0.717, 1.165) is 12.8 Å². The Balaban J connectivity index is 2.08. The Bertz CT molecular complexity index is 568. The summed E-state index contributed by atoms with van der Waals surface area (Å²) in [6.07, 6.45) is 3.42. The van der Waals surface area contributed by atoms with Crippen LogP contribution in [0.1, 0.15) is 42.1 Å². The summed E-state index contributed by atoms with van der Waals surface area (Å²) >= 11 is 0. The molecule has 0 saturated heterocycles. The molecule has 1 aromatic carbocycles. The van der Waals surface area contributed by atoms with Gasteiger partial charge in [-0.2, -0.15) is 0 Å². The van der Waals surface area contributed by atoms with Gasteiger partial charge in [-0.1, -0.05) is 25.2 Å². The van der Waals surface area contributed by atoms with Crippen molar-refractivity contribution in [2.24, 2.45) is 11.1 Å². The highest BCUT2D eigenvalue weighted by atomic mass is 19.1. The van der Waals surface area contributed by atoms with E-state index >= 15 is 0 Å². The molecule has 1 saturated carbocycles. The molecular weight excluding hydrogens is 255 g/mol. The van der Waals surface area contributed by atoms with E-state index in [0.29, 0.717) is 12.1 Å². The van der Waals surface area contributed by atoms with Crippen LogP contribution in [0.15, 0.2) is 18.2 Å². The highest BCUT2D eigenvalue weighted by Gasteiger charge is 2.32. The zero-order chi connectivity index (χ0) is 14.6. The van der Waals surface area contributed by atoms with Crippen LogP contribution in [-0.2, 0) is 0 Å². The standard InChI is InChI=1S/C16H19FN2O/c1-16(7-3-8-16)11-19-15(20)13-10-12(4-2-9-18)5-6-14(13)17/h5-6,10H,3,7-9,11,18H2,1H3,(H,19,20). The molecular formula is C16H19FN2O. The summed E-state index contributed by atoms with van der Waals surface area (Å²) in [5.41, 5.74) is 6.10. The lowest BCUT2D eigenvalue weighted by atomic mass is 9.70. The average Bonchev–Trinajstić information content (AvgIpc) is 2.41. The molecule has 0 atom stereocenters. The zero-order valence-corrected chi connectivity index (χ0v) is 11.6. The van der Waals surface area contributed by atoms with Gasteiger partial charge in [0, 0.05) is 12.1 Å². The quantitative estimate of drug-likeness (QED) is 0.829. The van der Waals surface area contributed by atoms with Crippen molar-refractivity contribution < 1.29 is 9.18 Å². The molecule has 4 heteroatoms. The largest absolute Gasteiger partial charge is 0.351 e. The molecule has 106 valence electrons. The Labute approximate surface area is 118 Å². The first-order chi connectivity index (χ1) is 9.54. The molecule has 1 aromatic rings. The molecule has 3 nitrogen and oxygen atoms in total. The van der Waals surface area contributed by atoms with Crippen LogP contribution in [0.3, 0.4) is 0 Å². The summed E-state index contributed by atoms with van der Waals surface area (Å²) in [5, 5.41) is 2.81. The van der Waals surface area contributed by atoms with Crippen molar-refractivity contribution in [2.45, 2.75) is 26.2 Å². The maximum absolute atomic E-state index is 13.7. The Morgan fingerprint density at radius 3 is 2.85 bits per heavy atom. The number of halogens is 1. The van der Waals surface area contributed by atoms with Crippen LogP contribution in [0, 0.1) is 23.1 Å². The predicted octanol–water partition coefficient (Wildman–Crippen LogP) is 2.06. The molecule has 3 N–H and O–H groups in total. The maximum atomic E-state index is 13.7. The van der Waals surface area contributed by atoms with Gasteiger partial charge in [0.1, 0.15) is 5.82 Å². The third-order valence-electron chi connectivity index (χ3n) is 3.78. The first kappa shape index (κ1) is 14.5. The van der Waals surface area contributed by atoms with Crippen LogP contribution in [0.4, 0.5) is 4.39 Å². The third kappa shape index (κ3) is 3.37. The van der Waals surface area contributed by atoms with E-state index in [1.165, 1.54) is 18.6 Å². The van der Waals surface area contributed by atoms with Gasteiger partial charge in [-0.25, -0.2) is 4.39 Å². The number of carbonyl (C=O) groups excluding carboxylic acids is 1. The number of nitrogens with two attached hydrogens (primary N) is 1. The second-order valence-electron chi connectivity index (χ2n) is 5.55. The molecule has 1 fully saturated rings. The van der Waals surface area contributed by atoms with Crippen molar-refractivity contribution in [3.05, 3.63) is 35.1 Å². The molecule has 1 aliphatic carbocycles. The van der Waals surface area contributed by atoms with E-state index in [-0.39, 0.29) is 23.4 Å². The Kier molecular flexibility index (Phi) is 4.41. The molecule has 20 heavy (non-hydrogen) atoms. The Morgan fingerprint density at radius 1 is 1.50 bits per heavy atom. The summed E-state index contributed by atoms with van der Waals surface area (Å²) < 4.78 is 13.7. The van der Waals surface area contributed by atoms with Crippen LogP contribution in [-0.4, -0.2) is 19.0 Å². The second-order valence-corrected chi connectivity index (χ2v) is 5.55.